The molecule has 1 fully saturated rings. The predicted molar refractivity (Wildman–Crippen MR) is 108 cm³/mol. The summed E-state index contributed by atoms with van der Waals surface area (Å²) in [5.41, 5.74) is 1.77. The molecule has 0 saturated carbocycles. The normalized spacial score (nSPS) is 22.0. The van der Waals surface area contributed by atoms with Crippen molar-refractivity contribution in [2.75, 3.05) is 25.1 Å². The molecular weight excluding hydrogens is 419 g/mol. The fourth-order valence-corrected chi connectivity index (χ4v) is 5.91. The van der Waals surface area contributed by atoms with Crippen LogP contribution in [0.3, 0.4) is 0 Å². The van der Waals surface area contributed by atoms with Gasteiger partial charge in [0.05, 0.1) is 17.0 Å². The molecule has 4 rings (SSSR count). The molecule has 0 aromatic heterocycles. The first-order valence-corrected chi connectivity index (χ1v) is 11.0. The third-order valence-electron chi connectivity index (χ3n) is 5.37. The molecule has 0 aliphatic carbocycles. The van der Waals surface area contributed by atoms with Gasteiger partial charge in [-0.25, -0.2) is 12.8 Å². The van der Waals surface area contributed by atoms with Crippen LogP contribution in [-0.4, -0.2) is 51.0 Å². The maximum Gasteiger partial charge on any atom is 0.245 e. The Bertz CT molecular complexity index is 1060. The van der Waals surface area contributed by atoms with E-state index in [0.717, 1.165) is 15.6 Å². The number of para-hydroxylation sites is 1. The molecule has 0 spiro atoms. The van der Waals surface area contributed by atoms with Crippen molar-refractivity contribution in [3.8, 4) is 5.75 Å². The number of carbonyl (C=O) groups excluding carboxylic acids is 1. The molecule has 1 amide bonds. The van der Waals surface area contributed by atoms with Gasteiger partial charge in [0.15, 0.2) is 0 Å². The van der Waals surface area contributed by atoms with Gasteiger partial charge in [-0.3, -0.25) is 4.79 Å². The third-order valence-corrected chi connectivity index (χ3v) is 7.54. The Morgan fingerprint density at radius 2 is 2.00 bits per heavy atom. The van der Waals surface area contributed by atoms with E-state index < -0.39 is 28.1 Å². The molecule has 0 radical (unpaired) electrons. The number of ether oxygens (including phenoxy) is 1. The van der Waals surface area contributed by atoms with Crippen LogP contribution in [0.1, 0.15) is 12.0 Å². The average Bonchev–Trinajstić information content (AvgIpc) is 3.31. The van der Waals surface area contributed by atoms with Crippen LogP contribution < -0.4 is 9.64 Å². The molecule has 2 aromatic carbocycles. The fourth-order valence-electron chi connectivity index (χ4n) is 3.94. The molecule has 6 nitrogen and oxygen atoms in total. The van der Waals surface area contributed by atoms with Crippen molar-refractivity contribution >= 4 is 33.2 Å². The highest BCUT2D eigenvalue weighted by molar-refractivity contribution is 7.89. The van der Waals surface area contributed by atoms with Crippen LogP contribution in [0.5, 0.6) is 5.75 Å². The lowest BCUT2D eigenvalue weighted by molar-refractivity contribution is -0.121. The first kappa shape index (κ1) is 20.1. The lowest BCUT2D eigenvalue weighted by atomic mass is 10.1. The van der Waals surface area contributed by atoms with Gasteiger partial charge in [0.25, 0.3) is 0 Å². The van der Waals surface area contributed by atoms with Gasteiger partial charge in [-0.2, -0.15) is 4.31 Å². The lowest BCUT2D eigenvalue weighted by Gasteiger charge is -2.27. The van der Waals surface area contributed by atoms with Crippen LogP contribution in [-0.2, 0) is 21.2 Å². The van der Waals surface area contributed by atoms with Gasteiger partial charge in [0.1, 0.15) is 18.0 Å². The number of halogens is 2. The van der Waals surface area contributed by atoms with Gasteiger partial charge in [-0.05, 0) is 36.2 Å². The summed E-state index contributed by atoms with van der Waals surface area (Å²) in [7, 11) is -2.69. The van der Waals surface area contributed by atoms with E-state index in [2.05, 4.69) is 0 Å². The van der Waals surface area contributed by atoms with Crippen LogP contribution in [0.2, 0.25) is 5.02 Å². The van der Waals surface area contributed by atoms with Crippen LogP contribution in [0.4, 0.5) is 10.1 Å². The van der Waals surface area contributed by atoms with E-state index in [1.165, 1.54) is 25.3 Å². The first-order chi connectivity index (χ1) is 13.8. The number of nitrogens with zero attached hydrogens (tertiary/aromatic N) is 2. The highest BCUT2D eigenvalue weighted by atomic mass is 35.5. The molecule has 2 unspecified atom stereocenters. The predicted octanol–water partition coefficient (Wildman–Crippen LogP) is 3.04. The molecule has 2 aromatic rings. The van der Waals surface area contributed by atoms with Crippen molar-refractivity contribution in [2.24, 2.45) is 0 Å². The maximum absolute atomic E-state index is 14.3. The Labute approximate surface area is 173 Å². The van der Waals surface area contributed by atoms with E-state index in [4.69, 9.17) is 16.3 Å². The third kappa shape index (κ3) is 3.49. The van der Waals surface area contributed by atoms with E-state index in [0.29, 0.717) is 18.7 Å². The quantitative estimate of drug-likeness (QED) is 0.735. The number of hydrogen-bond donors (Lipinski definition) is 0. The average molecular weight is 439 g/mol. The number of sulfonamides is 1. The summed E-state index contributed by atoms with van der Waals surface area (Å²) in [5, 5.41) is 0.126. The highest BCUT2D eigenvalue weighted by Gasteiger charge is 2.46. The Morgan fingerprint density at radius 3 is 2.72 bits per heavy atom. The Hall–Kier alpha value is -2.16. The number of hydrogen-bond acceptors (Lipinski definition) is 4. The Kier molecular flexibility index (Phi) is 5.27. The molecule has 2 aliphatic heterocycles. The van der Waals surface area contributed by atoms with Gasteiger partial charge < -0.3 is 9.64 Å². The van der Waals surface area contributed by atoms with Crippen molar-refractivity contribution in [1.29, 1.82) is 0 Å². The number of benzene rings is 2. The highest BCUT2D eigenvalue weighted by Crippen LogP contribution is 2.35. The fraction of sp³-hybridized carbons (Fsp3) is 0.350. The van der Waals surface area contributed by atoms with E-state index in [1.54, 1.807) is 4.90 Å². The summed E-state index contributed by atoms with van der Waals surface area (Å²) in [4.78, 5) is 14.7. The zero-order chi connectivity index (χ0) is 20.8. The molecule has 154 valence electrons. The summed E-state index contributed by atoms with van der Waals surface area (Å²) in [5.74, 6) is -0.0741. The van der Waals surface area contributed by atoms with Crippen molar-refractivity contribution in [3.63, 3.8) is 0 Å². The van der Waals surface area contributed by atoms with Crippen molar-refractivity contribution in [3.05, 3.63) is 53.1 Å². The number of carbonyl (C=O) groups is 1. The van der Waals surface area contributed by atoms with Gasteiger partial charge >= 0.3 is 0 Å². The molecular formula is C20H20ClFN2O4S. The van der Waals surface area contributed by atoms with E-state index in [-0.39, 0.29) is 22.9 Å². The van der Waals surface area contributed by atoms with Crippen molar-refractivity contribution in [1.82, 2.24) is 4.31 Å². The van der Waals surface area contributed by atoms with Crippen LogP contribution in [0, 0.1) is 0 Å². The number of amides is 1. The number of rotatable bonds is 4. The molecule has 2 atom stereocenters. The van der Waals surface area contributed by atoms with E-state index >= 15 is 0 Å². The van der Waals surface area contributed by atoms with Gasteiger partial charge in [0.2, 0.25) is 15.9 Å². The van der Waals surface area contributed by atoms with Gasteiger partial charge in [-0.15, -0.1) is 0 Å². The maximum atomic E-state index is 14.3. The summed E-state index contributed by atoms with van der Waals surface area (Å²) < 4.78 is 46.7. The lowest BCUT2D eigenvalue weighted by Crippen LogP contribution is -2.47. The number of alkyl halides is 1. The smallest absolute Gasteiger partial charge is 0.245 e. The van der Waals surface area contributed by atoms with E-state index in [1.807, 2.05) is 24.3 Å². The second-order valence-corrected chi connectivity index (χ2v) is 9.39. The largest absolute Gasteiger partial charge is 0.495 e. The monoisotopic (exact) mass is 438 g/mol. The minimum atomic E-state index is -4.11. The molecule has 2 aliphatic rings. The second kappa shape index (κ2) is 7.59. The van der Waals surface area contributed by atoms with Crippen LogP contribution in [0.25, 0.3) is 0 Å². The second-order valence-electron chi connectivity index (χ2n) is 7.09. The summed E-state index contributed by atoms with van der Waals surface area (Å²) in [6.45, 7) is 0.0890. The minimum absolute atomic E-state index is 0.1000. The number of methoxy groups -OCH3 is 1. The Morgan fingerprint density at radius 1 is 1.24 bits per heavy atom. The number of fused-ring (bicyclic) bond motifs is 1. The zero-order valence-corrected chi connectivity index (χ0v) is 17.3. The van der Waals surface area contributed by atoms with Gasteiger partial charge in [-0.1, -0.05) is 29.8 Å². The van der Waals surface area contributed by atoms with Crippen LogP contribution >= 0.6 is 11.6 Å². The minimum Gasteiger partial charge on any atom is -0.495 e. The molecule has 0 bridgehead atoms. The molecule has 29 heavy (non-hydrogen) atoms. The van der Waals surface area contributed by atoms with Crippen molar-refractivity contribution in [2.45, 2.75) is 30.0 Å². The molecule has 9 heteroatoms. The Balaban J connectivity index is 1.66. The first-order valence-electron chi connectivity index (χ1n) is 9.21. The topological polar surface area (TPSA) is 66.9 Å². The van der Waals surface area contributed by atoms with Crippen molar-refractivity contribution < 1.29 is 22.3 Å². The number of anilines is 1. The molecule has 1 saturated heterocycles. The summed E-state index contributed by atoms with van der Waals surface area (Å²) in [6, 6.07) is 10.4. The summed E-state index contributed by atoms with van der Waals surface area (Å²) >= 11 is 6.07. The van der Waals surface area contributed by atoms with E-state index in [9.17, 15) is 17.6 Å². The summed E-state index contributed by atoms with van der Waals surface area (Å²) in [6.07, 6.45) is -0.889. The van der Waals surface area contributed by atoms with Crippen LogP contribution in [0.15, 0.2) is 47.4 Å². The standard InChI is InChI=1S/C20H20ClFN2O4S/c1-28-19-7-6-15(11-16(19)21)29(26,27)24-12-14(22)10-18(24)20(25)23-9-8-13-4-2-3-5-17(13)23/h2-7,11,14,18H,8-10,12H2,1H3. The zero-order valence-electron chi connectivity index (χ0n) is 15.7. The molecule has 2 heterocycles. The molecule has 0 N–H and O–H groups in total. The SMILES string of the molecule is COc1ccc(S(=O)(=O)N2CC(F)CC2C(=O)N2CCc3ccccc32)cc1Cl. The van der Waals surface area contributed by atoms with Gasteiger partial charge in [0, 0.05) is 25.2 Å².